The van der Waals surface area contributed by atoms with Crippen LogP contribution >= 0.6 is 0 Å². The minimum absolute atomic E-state index is 0.0162. The number of β-lactam (4-membered cyclic amide) rings is 1. The van der Waals surface area contributed by atoms with Crippen LogP contribution in [-0.4, -0.2) is 28.5 Å². The largest absolute Gasteiger partial charge is 0.443 e. The molecule has 1 heterocycles. The van der Waals surface area contributed by atoms with Crippen LogP contribution in [0.15, 0.2) is 12.2 Å². The molecule has 1 fully saturated rings. The molecule has 1 saturated heterocycles. The summed E-state index contributed by atoms with van der Waals surface area (Å²) >= 11 is 0. The first kappa shape index (κ1) is 13.1. The maximum atomic E-state index is 12.0. The summed E-state index contributed by atoms with van der Waals surface area (Å²) in [6.07, 6.45) is 7.32. The molecule has 2 aliphatic rings. The minimum Gasteiger partial charge on any atom is -0.443 e. The Morgan fingerprint density at radius 3 is 2.50 bits per heavy atom. The van der Waals surface area contributed by atoms with Crippen LogP contribution in [0.4, 0.5) is 4.79 Å². The molecule has 0 aromatic carbocycles. The molecule has 0 bridgehead atoms. The highest BCUT2D eigenvalue weighted by atomic mass is 16.6. The quantitative estimate of drug-likeness (QED) is 0.491. The van der Waals surface area contributed by atoms with Gasteiger partial charge in [-0.25, -0.2) is 9.69 Å². The third kappa shape index (κ3) is 2.57. The van der Waals surface area contributed by atoms with E-state index in [1.807, 2.05) is 20.8 Å². The summed E-state index contributed by atoms with van der Waals surface area (Å²) in [6.45, 7) is 5.44. The van der Waals surface area contributed by atoms with E-state index >= 15 is 0 Å². The Hall–Kier alpha value is -1.32. The first-order valence-corrected chi connectivity index (χ1v) is 6.61. The van der Waals surface area contributed by atoms with Gasteiger partial charge < -0.3 is 4.74 Å². The molecular formula is C14H21NO3. The van der Waals surface area contributed by atoms with Gasteiger partial charge in [-0.15, -0.1) is 0 Å². The smallest absolute Gasteiger partial charge is 0.417 e. The first-order chi connectivity index (χ1) is 8.40. The van der Waals surface area contributed by atoms with Crippen molar-refractivity contribution in [2.75, 3.05) is 0 Å². The third-order valence-electron chi connectivity index (χ3n) is 3.38. The van der Waals surface area contributed by atoms with Gasteiger partial charge in [0.2, 0.25) is 5.91 Å². The van der Waals surface area contributed by atoms with Gasteiger partial charge in [0.1, 0.15) is 5.60 Å². The SMILES string of the molecule is CC(C)(C)OC(=O)N1C(=O)[C@H]2CCC=CCC[C@H]21. The zero-order valence-corrected chi connectivity index (χ0v) is 11.3. The van der Waals surface area contributed by atoms with Crippen molar-refractivity contribution in [3.05, 3.63) is 12.2 Å². The van der Waals surface area contributed by atoms with E-state index in [1.165, 1.54) is 4.90 Å². The Bertz CT molecular complexity index is 381. The summed E-state index contributed by atoms with van der Waals surface area (Å²) in [4.78, 5) is 25.3. The second-order valence-corrected chi connectivity index (χ2v) is 5.99. The lowest BCUT2D eigenvalue weighted by molar-refractivity contribution is -0.154. The molecule has 0 radical (unpaired) electrons. The molecule has 4 nitrogen and oxygen atoms in total. The number of rotatable bonds is 0. The number of hydrogen-bond donors (Lipinski definition) is 0. The van der Waals surface area contributed by atoms with Gasteiger partial charge in [0, 0.05) is 0 Å². The Kier molecular flexibility index (Phi) is 3.46. The van der Waals surface area contributed by atoms with Crippen molar-refractivity contribution in [1.82, 2.24) is 4.90 Å². The minimum atomic E-state index is -0.552. The predicted octanol–water partition coefficient (Wildman–Crippen LogP) is 2.88. The number of carbonyl (C=O) groups is 2. The Balaban J connectivity index is 2.04. The number of nitrogens with zero attached hydrogens (tertiary/aromatic N) is 1. The van der Waals surface area contributed by atoms with Crippen LogP contribution < -0.4 is 0 Å². The lowest BCUT2D eigenvalue weighted by Gasteiger charge is -2.46. The second kappa shape index (κ2) is 4.75. The molecule has 1 aliphatic carbocycles. The molecule has 18 heavy (non-hydrogen) atoms. The number of hydrogen-bond acceptors (Lipinski definition) is 3. The van der Waals surface area contributed by atoms with Crippen molar-refractivity contribution in [3.63, 3.8) is 0 Å². The van der Waals surface area contributed by atoms with Gasteiger partial charge in [0.25, 0.3) is 0 Å². The fraction of sp³-hybridized carbons (Fsp3) is 0.714. The third-order valence-corrected chi connectivity index (χ3v) is 3.38. The highest BCUT2D eigenvalue weighted by Crippen LogP contribution is 2.36. The number of likely N-dealkylation sites (tertiary alicyclic amines) is 1. The van der Waals surface area contributed by atoms with Crippen LogP contribution in [0.3, 0.4) is 0 Å². The van der Waals surface area contributed by atoms with Gasteiger partial charge in [-0.1, -0.05) is 12.2 Å². The lowest BCUT2D eigenvalue weighted by Crippen LogP contribution is -2.63. The molecule has 1 aliphatic heterocycles. The van der Waals surface area contributed by atoms with Gasteiger partial charge in [-0.05, 0) is 46.5 Å². The summed E-state index contributed by atoms with van der Waals surface area (Å²) in [5.41, 5.74) is -0.552. The number of carbonyl (C=O) groups excluding carboxylic acids is 2. The van der Waals surface area contributed by atoms with E-state index in [2.05, 4.69) is 12.2 Å². The van der Waals surface area contributed by atoms with Crippen molar-refractivity contribution in [2.24, 2.45) is 5.92 Å². The van der Waals surface area contributed by atoms with Gasteiger partial charge in [-0.2, -0.15) is 0 Å². The average molecular weight is 251 g/mol. The molecule has 0 spiro atoms. The molecule has 2 atom stereocenters. The molecule has 100 valence electrons. The molecule has 2 rings (SSSR count). The number of ether oxygens (including phenoxy) is 1. The van der Waals surface area contributed by atoms with E-state index < -0.39 is 11.7 Å². The molecule has 0 aromatic rings. The summed E-state index contributed by atoms with van der Waals surface area (Å²) in [7, 11) is 0. The molecule has 2 amide bonds. The number of imide groups is 1. The molecule has 0 unspecified atom stereocenters. The highest BCUT2D eigenvalue weighted by molar-refractivity contribution is 5.99. The van der Waals surface area contributed by atoms with Crippen molar-refractivity contribution in [2.45, 2.75) is 58.1 Å². The average Bonchev–Trinajstić information content (AvgIpc) is 2.19. The van der Waals surface area contributed by atoms with Crippen LogP contribution in [0.2, 0.25) is 0 Å². The zero-order valence-electron chi connectivity index (χ0n) is 11.3. The molecule has 0 N–H and O–H groups in total. The van der Waals surface area contributed by atoms with Crippen LogP contribution in [-0.2, 0) is 9.53 Å². The second-order valence-electron chi connectivity index (χ2n) is 5.99. The number of allylic oxidation sites excluding steroid dienone is 2. The van der Waals surface area contributed by atoms with Crippen molar-refractivity contribution >= 4 is 12.0 Å². The Labute approximate surface area is 108 Å². The number of amides is 2. The fourth-order valence-electron chi connectivity index (χ4n) is 2.57. The Morgan fingerprint density at radius 1 is 1.28 bits per heavy atom. The monoisotopic (exact) mass is 251 g/mol. The predicted molar refractivity (Wildman–Crippen MR) is 68.0 cm³/mol. The van der Waals surface area contributed by atoms with Crippen molar-refractivity contribution in [3.8, 4) is 0 Å². The molecule has 0 saturated carbocycles. The fourth-order valence-corrected chi connectivity index (χ4v) is 2.57. The lowest BCUT2D eigenvalue weighted by atomic mass is 9.80. The van der Waals surface area contributed by atoms with Gasteiger partial charge in [0.15, 0.2) is 0 Å². The van der Waals surface area contributed by atoms with E-state index in [4.69, 9.17) is 4.74 Å². The normalized spacial score (nSPS) is 27.9. The summed E-state index contributed by atoms with van der Waals surface area (Å²) in [6, 6.07) is 0.0392. The van der Waals surface area contributed by atoms with E-state index in [-0.39, 0.29) is 17.9 Å². The van der Waals surface area contributed by atoms with Crippen LogP contribution in [0.5, 0.6) is 0 Å². The first-order valence-electron chi connectivity index (χ1n) is 6.61. The zero-order chi connectivity index (χ0) is 13.3. The Morgan fingerprint density at radius 2 is 1.89 bits per heavy atom. The highest BCUT2D eigenvalue weighted by Gasteiger charge is 2.50. The van der Waals surface area contributed by atoms with Crippen molar-refractivity contribution in [1.29, 1.82) is 0 Å². The van der Waals surface area contributed by atoms with Crippen LogP contribution in [0.1, 0.15) is 46.5 Å². The maximum absolute atomic E-state index is 12.0. The van der Waals surface area contributed by atoms with Gasteiger partial charge >= 0.3 is 6.09 Å². The maximum Gasteiger partial charge on any atom is 0.417 e. The summed E-state index contributed by atoms with van der Waals surface area (Å²) < 4.78 is 5.28. The standard InChI is InChI=1S/C14H21NO3/c1-14(2,3)18-13(17)15-11-9-7-5-4-6-8-10(11)12(15)16/h4-5,10-11H,6-9H2,1-3H3/t10-,11+/m0/s1. The van der Waals surface area contributed by atoms with E-state index in [1.54, 1.807) is 0 Å². The summed E-state index contributed by atoms with van der Waals surface area (Å²) in [5.74, 6) is -0.0491. The molecular weight excluding hydrogens is 230 g/mol. The van der Waals surface area contributed by atoms with Crippen molar-refractivity contribution < 1.29 is 14.3 Å². The molecule has 0 aromatic heterocycles. The van der Waals surface area contributed by atoms with Crippen LogP contribution in [0.25, 0.3) is 0 Å². The van der Waals surface area contributed by atoms with Gasteiger partial charge in [0.05, 0.1) is 12.0 Å². The van der Waals surface area contributed by atoms with E-state index in [0.717, 1.165) is 25.7 Å². The van der Waals surface area contributed by atoms with E-state index in [0.29, 0.717) is 0 Å². The summed E-state index contributed by atoms with van der Waals surface area (Å²) in [5, 5.41) is 0. The topological polar surface area (TPSA) is 46.6 Å². The van der Waals surface area contributed by atoms with Crippen LogP contribution in [0, 0.1) is 5.92 Å². The van der Waals surface area contributed by atoms with Gasteiger partial charge in [-0.3, -0.25) is 4.79 Å². The van der Waals surface area contributed by atoms with E-state index in [9.17, 15) is 9.59 Å². The number of fused-ring (bicyclic) bond motifs is 1. The molecule has 4 heteroatoms.